The number of carbonyl (C=O) groups is 1. The summed E-state index contributed by atoms with van der Waals surface area (Å²) in [5.41, 5.74) is 0.157. The highest BCUT2D eigenvalue weighted by Crippen LogP contribution is 2.70. The van der Waals surface area contributed by atoms with Crippen LogP contribution in [0.2, 0.25) is 0 Å². The maximum Gasteiger partial charge on any atom is 0.514 e. The number of hydrogen-bond acceptors (Lipinski definition) is 11. The molecule has 11 nitrogen and oxygen atoms in total. The summed E-state index contributed by atoms with van der Waals surface area (Å²) < 4.78 is 46.2. The first-order chi connectivity index (χ1) is 24.3. The van der Waals surface area contributed by atoms with Gasteiger partial charge in [0.25, 0.3) is 0 Å². The van der Waals surface area contributed by atoms with Crippen molar-refractivity contribution < 1.29 is 47.8 Å². The number of carbonyl (C=O) groups excluding carboxylic acids is 1. The average Bonchev–Trinajstić information content (AvgIpc) is 3.84. The molecule has 7 atom stereocenters. The molecule has 4 aliphatic rings. The maximum absolute atomic E-state index is 13.0. The number of methoxy groups -OCH3 is 2. The second-order valence-corrected chi connectivity index (χ2v) is 16.4. The van der Waals surface area contributed by atoms with Crippen molar-refractivity contribution in [3.8, 4) is 11.5 Å². The molecule has 1 aromatic rings. The van der Waals surface area contributed by atoms with Crippen molar-refractivity contribution in [3.63, 3.8) is 0 Å². The summed E-state index contributed by atoms with van der Waals surface area (Å²) >= 11 is 0. The molecule has 2 aliphatic carbocycles. The fourth-order valence-electron chi connectivity index (χ4n) is 9.47. The highest BCUT2D eigenvalue weighted by atomic mass is 16.7. The molecule has 0 radical (unpaired) electrons. The Labute approximate surface area is 305 Å². The van der Waals surface area contributed by atoms with Crippen LogP contribution in [-0.2, 0) is 33.8 Å². The van der Waals surface area contributed by atoms with Gasteiger partial charge in [0.1, 0.15) is 18.8 Å². The summed E-state index contributed by atoms with van der Waals surface area (Å²) in [6, 6.07) is 4.09. The minimum atomic E-state index is -1.04. The summed E-state index contributed by atoms with van der Waals surface area (Å²) in [7, 11) is 3.38. The fourth-order valence-corrected chi connectivity index (χ4v) is 9.47. The second kappa shape index (κ2) is 16.6. The molecule has 5 unspecified atom stereocenters. The van der Waals surface area contributed by atoms with Gasteiger partial charge in [0.2, 0.25) is 0 Å². The monoisotopic (exact) mass is 719 g/mol. The van der Waals surface area contributed by atoms with Gasteiger partial charge in [-0.05, 0) is 87.8 Å². The minimum absolute atomic E-state index is 0.0447. The molecule has 1 N–H and O–H groups in total. The first-order valence-corrected chi connectivity index (χ1v) is 19.2. The van der Waals surface area contributed by atoms with Crippen LogP contribution in [0.4, 0.5) is 4.79 Å². The van der Waals surface area contributed by atoms with Gasteiger partial charge in [-0.25, -0.2) is 4.79 Å². The number of nitrogens with zero attached hydrogens (tertiary/aromatic N) is 1. The van der Waals surface area contributed by atoms with Crippen molar-refractivity contribution in [2.75, 3.05) is 80.2 Å². The number of piperidine rings is 1. The average molecular weight is 720 g/mol. The van der Waals surface area contributed by atoms with E-state index in [0.29, 0.717) is 51.1 Å². The summed E-state index contributed by atoms with van der Waals surface area (Å²) in [5, 5.41) is 12.4. The Bertz CT molecular complexity index is 1310. The van der Waals surface area contributed by atoms with Crippen LogP contribution in [0.25, 0.3) is 0 Å². The predicted molar refractivity (Wildman–Crippen MR) is 194 cm³/mol. The molecule has 0 bridgehead atoms. The molecule has 2 saturated carbocycles. The predicted octanol–water partition coefficient (Wildman–Crippen LogP) is 5.94. The highest BCUT2D eigenvalue weighted by molar-refractivity contribution is 5.68. The van der Waals surface area contributed by atoms with Crippen LogP contribution in [0.15, 0.2) is 12.1 Å². The molecule has 290 valence electrons. The van der Waals surface area contributed by atoms with Crippen molar-refractivity contribution in [1.29, 1.82) is 0 Å². The number of rotatable bonds is 18. The minimum Gasteiger partial charge on any atom is -0.482 e. The molecular formula is C40H65NO10. The largest absolute Gasteiger partial charge is 0.514 e. The van der Waals surface area contributed by atoms with E-state index >= 15 is 0 Å². The zero-order valence-corrected chi connectivity index (χ0v) is 32.7. The van der Waals surface area contributed by atoms with Gasteiger partial charge in [0, 0.05) is 43.7 Å². The molecule has 11 heteroatoms. The zero-order valence-electron chi connectivity index (χ0n) is 32.7. The summed E-state index contributed by atoms with van der Waals surface area (Å²) in [6.45, 7) is 20.3. The molecule has 1 spiro atoms. The van der Waals surface area contributed by atoms with Crippen molar-refractivity contribution >= 4 is 6.16 Å². The Balaban J connectivity index is 1.34. The Kier molecular flexibility index (Phi) is 13.1. The second-order valence-electron chi connectivity index (χ2n) is 16.4. The van der Waals surface area contributed by atoms with Crippen LogP contribution >= 0.6 is 0 Å². The summed E-state index contributed by atoms with van der Waals surface area (Å²) in [5.74, 6) is 1.52. The van der Waals surface area contributed by atoms with Gasteiger partial charge in [-0.1, -0.05) is 33.8 Å². The molecule has 2 heterocycles. The maximum atomic E-state index is 13.0. The van der Waals surface area contributed by atoms with Crippen LogP contribution in [0.3, 0.4) is 0 Å². The van der Waals surface area contributed by atoms with E-state index in [1.54, 1.807) is 20.3 Å². The third-order valence-electron chi connectivity index (χ3n) is 13.0. The Morgan fingerprint density at radius 1 is 0.980 bits per heavy atom. The number of likely N-dealkylation sites (tertiary alicyclic amines) is 1. The van der Waals surface area contributed by atoms with E-state index in [-0.39, 0.29) is 42.8 Å². The van der Waals surface area contributed by atoms with Gasteiger partial charge in [-0.15, -0.1) is 0 Å². The van der Waals surface area contributed by atoms with Crippen molar-refractivity contribution in [2.24, 2.45) is 22.7 Å². The molecule has 51 heavy (non-hydrogen) atoms. The van der Waals surface area contributed by atoms with E-state index in [0.717, 1.165) is 49.4 Å². The smallest absolute Gasteiger partial charge is 0.482 e. The zero-order chi connectivity index (χ0) is 37.0. The van der Waals surface area contributed by atoms with E-state index in [1.165, 1.54) is 12.8 Å². The lowest BCUT2D eigenvalue weighted by molar-refractivity contribution is -0.232. The van der Waals surface area contributed by atoms with Gasteiger partial charge in [-0.2, -0.15) is 0 Å². The number of ether oxygens (including phenoxy) is 8. The summed E-state index contributed by atoms with van der Waals surface area (Å²) in [4.78, 5) is 15.8. The van der Waals surface area contributed by atoms with Crippen LogP contribution in [-0.4, -0.2) is 120 Å². The van der Waals surface area contributed by atoms with Gasteiger partial charge >= 0.3 is 6.16 Å². The molecular weight excluding hydrogens is 654 g/mol. The van der Waals surface area contributed by atoms with E-state index in [9.17, 15) is 9.90 Å². The molecule has 1 aromatic carbocycles. The van der Waals surface area contributed by atoms with E-state index < -0.39 is 22.6 Å². The molecule has 0 amide bonds. The van der Waals surface area contributed by atoms with Crippen LogP contribution in [0, 0.1) is 29.6 Å². The number of aliphatic hydroxyl groups is 1. The van der Waals surface area contributed by atoms with Gasteiger partial charge in [0.15, 0.2) is 11.5 Å². The Hall–Kier alpha value is -1.99. The SMILES string of the molecule is CC[C@]12CC(C(C)(O)C(C)(C)C)C(OC)[C@@H]3Oc4c(OC(=O)OCCOCCOCCOCCOC)ccc(C)c4C31CCN(CC1CC1)C2C. The Morgan fingerprint density at radius 3 is 2.18 bits per heavy atom. The number of fused-ring (bicyclic) bond motifs is 1. The van der Waals surface area contributed by atoms with Gasteiger partial charge in [0.05, 0.1) is 51.8 Å². The quantitative estimate of drug-likeness (QED) is 0.111. The first kappa shape index (κ1) is 40.2. The van der Waals surface area contributed by atoms with Crippen LogP contribution < -0.4 is 9.47 Å². The lowest BCUT2D eigenvalue weighted by Gasteiger charge is -2.67. The van der Waals surface area contributed by atoms with Gasteiger partial charge < -0.3 is 43.0 Å². The lowest BCUT2D eigenvalue weighted by Crippen LogP contribution is -2.74. The molecule has 3 fully saturated rings. The van der Waals surface area contributed by atoms with E-state index in [4.69, 9.17) is 37.9 Å². The Morgan fingerprint density at radius 2 is 1.61 bits per heavy atom. The van der Waals surface area contributed by atoms with Crippen molar-refractivity contribution in [1.82, 2.24) is 4.90 Å². The number of aryl methyl sites for hydroxylation is 1. The topological polar surface area (TPSA) is 114 Å². The highest BCUT2D eigenvalue weighted by Gasteiger charge is 2.73. The van der Waals surface area contributed by atoms with Crippen molar-refractivity contribution in [3.05, 3.63) is 23.3 Å². The summed E-state index contributed by atoms with van der Waals surface area (Å²) in [6.07, 6.45) is 3.66. The fraction of sp³-hybridized carbons (Fsp3) is 0.825. The van der Waals surface area contributed by atoms with E-state index in [2.05, 4.69) is 46.4 Å². The van der Waals surface area contributed by atoms with Crippen LogP contribution in [0.5, 0.6) is 11.5 Å². The molecule has 2 aliphatic heterocycles. The third kappa shape index (κ3) is 7.82. The van der Waals surface area contributed by atoms with Gasteiger partial charge in [-0.3, -0.25) is 4.90 Å². The lowest BCUT2D eigenvalue weighted by atomic mass is 9.42. The van der Waals surface area contributed by atoms with E-state index in [1.807, 2.05) is 13.0 Å². The number of hydrogen-bond donors (Lipinski definition) is 1. The molecule has 0 aromatic heterocycles. The molecule has 1 saturated heterocycles. The van der Waals surface area contributed by atoms with Crippen molar-refractivity contribution in [2.45, 2.75) is 110 Å². The van der Waals surface area contributed by atoms with Crippen LogP contribution in [0.1, 0.15) is 84.8 Å². The third-order valence-corrected chi connectivity index (χ3v) is 13.0. The standard InChI is InChI=1S/C40H65NO10/c1-10-39-25-30(38(7,43)37(4,5)6)33(45-9)35-40(39,15-16-41(28(39)3)26-29-12-13-29)32-27(2)11-14-31(34(32)51-35)50-36(42)49-24-23-48-22-21-47-20-19-46-18-17-44-8/h11,14,28-30,33,35,43H,10,12-13,15-26H2,1-9H3/t28?,30?,33?,35-,38?,39+,40?/m0/s1. The molecule has 5 rings (SSSR count). The normalized spacial score (nSPS) is 30.2. The first-order valence-electron chi connectivity index (χ1n) is 19.2. The number of benzene rings is 1.